The summed E-state index contributed by atoms with van der Waals surface area (Å²) in [4.78, 5) is 6.34. The van der Waals surface area contributed by atoms with Crippen LogP contribution in [0.3, 0.4) is 0 Å². The molecule has 0 aliphatic carbocycles. The normalized spacial score (nSPS) is 10.1. The van der Waals surface area contributed by atoms with Gasteiger partial charge in [-0.15, -0.1) is 0 Å². The standard InChI is InChI=1S/C15H18N2O/c1-3-12-17(14-8-10-16-11-9-14)13-4-6-15(18-2)7-5-13/h4-11H,3,12H2,1-2H3. The van der Waals surface area contributed by atoms with Gasteiger partial charge in [-0.2, -0.15) is 0 Å². The summed E-state index contributed by atoms with van der Waals surface area (Å²) in [7, 11) is 1.68. The fraction of sp³-hybridized carbons (Fsp3) is 0.267. The van der Waals surface area contributed by atoms with Gasteiger partial charge in [0.25, 0.3) is 0 Å². The number of rotatable bonds is 5. The van der Waals surface area contributed by atoms with Crippen LogP contribution in [0.5, 0.6) is 5.75 Å². The average Bonchev–Trinajstić information content (AvgIpc) is 2.46. The number of aromatic nitrogens is 1. The molecule has 2 aromatic rings. The van der Waals surface area contributed by atoms with Crippen molar-refractivity contribution in [1.29, 1.82) is 0 Å². The van der Waals surface area contributed by atoms with E-state index in [1.807, 2.05) is 36.7 Å². The van der Waals surface area contributed by atoms with Crippen LogP contribution in [-0.2, 0) is 0 Å². The van der Waals surface area contributed by atoms with Crippen LogP contribution in [0.25, 0.3) is 0 Å². The Labute approximate surface area is 108 Å². The molecular formula is C15H18N2O. The van der Waals surface area contributed by atoms with E-state index in [0.717, 1.165) is 24.4 Å². The van der Waals surface area contributed by atoms with E-state index < -0.39 is 0 Å². The minimum Gasteiger partial charge on any atom is -0.497 e. The van der Waals surface area contributed by atoms with Crippen molar-refractivity contribution < 1.29 is 4.74 Å². The maximum atomic E-state index is 5.19. The lowest BCUT2D eigenvalue weighted by atomic mass is 10.2. The molecule has 94 valence electrons. The smallest absolute Gasteiger partial charge is 0.119 e. The Balaban J connectivity index is 2.29. The zero-order valence-corrected chi connectivity index (χ0v) is 10.8. The molecule has 0 saturated carbocycles. The first kappa shape index (κ1) is 12.4. The molecule has 1 aromatic carbocycles. The monoisotopic (exact) mass is 242 g/mol. The Morgan fingerprint density at radius 3 is 2.17 bits per heavy atom. The van der Waals surface area contributed by atoms with Gasteiger partial charge in [0, 0.05) is 30.3 Å². The Hall–Kier alpha value is -2.03. The highest BCUT2D eigenvalue weighted by atomic mass is 16.5. The van der Waals surface area contributed by atoms with Crippen molar-refractivity contribution in [2.24, 2.45) is 0 Å². The van der Waals surface area contributed by atoms with Crippen molar-refractivity contribution >= 4 is 11.4 Å². The van der Waals surface area contributed by atoms with Crippen LogP contribution in [0.15, 0.2) is 48.8 Å². The number of hydrogen-bond donors (Lipinski definition) is 0. The zero-order valence-electron chi connectivity index (χ0n) is 10.8. The van der Waals surface area contributed by atoms with Crippen molar-refractivity contribution in [3.63, 3.8) is 0 Å². The van der Waals surface area contributed by atoms with E-state index in [1.54, 1.807) is 7.11 Å². The lowest BCUT2D eigenvalue weighted by molar-refractivity contribution is 0.415. The summed E-state index contributed by atoms with van der Waals surface area (Å²) in [6.45, 7) is 3.16. The highest BCUT2D eigenvalue weighted by Crippen LogP contribution is 2.26. The Morgan fingerprint density at radius 2 is 1.61 bits per heavy atom. The van der Waals surface area contributed by atoms with Crippen LogP contribution in [0.4, 0.5) is 11.4 Å². The van der Waals surface area contributed by atoms with E-state index >= 15 is 0 Å². The third-order valence-corrected chi connectivity index (χ3v) is 2.81. The van der Waals surface area contributed by atoms with Gasteiger partial charge in [0.1, 0.15) is 5.75 Å². The van der Waals surface area contributed by atoms with Crippen LogP contribution in [-0.4, -0.2) is 18.6 Å². The summed E-state index contributed by atoms with van der Waals surface area (Å²) in [5.41, 5.74) is 2.33. The maximum Gasteiger partial charge on any atom is 0.119 e. The van der Waals surface area contributed by atoms with Gasteiger partial charge in [-0.3, -0.25) is 4.98 Å². The quantitative estimate of drug-likeness (QED) is 0.800. The van der Waals surface area contributed by atoms with Gasteiger partial charge in [-0.05, 0) is 42.8 Å². The molecule has 1 aromatic heterocycles. The number of ether oxygens (including phenoxy) is 1. The first-order chi connectivity index (χ1) is 8.85. The number of methoxy groups -OCH3 is 1. The average molecular weight is 242 g/mol. The number of hydrogen-bond acceptors (Lipinski definition) is 3. The molecule has 0 radical (unpaired) electrons. The van der Waals surface area contributed by atoms with Gasteiger partial charge in [0.05, 0.1) is 7.11 Å². The summed E-state index contributed by atoms with van der Waals surface area (Å²) in [5.74, 6) is 0.880. The van der Waals surface area contributed by atoms with Gasteiger partial charge in [0.15, 0.2) is 0 Å². The molecule has 0 bridgehead atoms. The van der Waals surface area contributed by atoms with Gasteiger partial charge >= 0.3 is 0 Å². The molecule has 0 amide bonds. The van der Waals surface area contributed by atoms with Gasteiger partial charge in [-0.25, -0.2) is 0 Å². The Kier molecular flexibility index (Phi) is 4.18. The van der Waals surface area contributed by atoms with E-state index in [-0.39, 0.29) is 0 Å². The molecule has 18 heavy (non-hydrogen) atoms. The largest absolute Gasteiger partial charge is 0.497 e. The second-order valence-corrected chi connectivity index (χ2v) is 4.06. The minimum absolute atomic E-state index is 0.880. The summed E-state index contributed by atoms with van der Waals surface area (Å²) in [5, 5.41) is 0. The molecular weight excluding hydrogens is 224 g/mol. The van der Waals surface area contributed by atoms with Gasteiger partial charge in [0.2, 0.25) is 0 Å². The van der Waals surface area contributed by atoms with Gasteiger partial charge in [-0.1, -0.05) is 6.92 Å². The van der Waals surface area contributed by atoms with Crippen molar-refractivity contribution in [3.05, 3.63) is 48.8 Å². The summed E-state index contributed by atoms with van der Waals surface area (Å²) in [6, 6.07) is 12.2. The molecule has 0 N–H and O–H groups in total. The van der Waals surface area contributed by atoms with Crippen molar-refractivity contribution in [2.45, 2.75) is 13.3 Å². The molecule has 0 fully saturated rings. The second kappa shape index (κ2) is 6.05. The molecule has 0 saturated heterocycles. The zero-order chi connectivity index (χ0) is 12.8. The molecule has 3 heteroatoms. The minimum atomic E-state index is 0.880. The molecule has 0 aliphatic heterocycles. The van der Waals surface area contributed by atoms with E-state index in [2.05, 4.69) is 28.9 Å². The summed E-state index contributed by atoms with van der Waals surface area (Å²) in [6.07, 6.45) is 4.73. The molecule has 0 aliphatic rings. The molecule has 3 nitrogen and oxygen atoms in total. The van der Waals surface area contributed by atoms with E-state index in [0.29, 0.717) is 0 Å². The van der Waals surface area contributed by atoms with Crippen molar-refractivity contribution in [1.82, 2.24) is 4.98 Å². The molecule has 2 rings (SSSR count). The highest BCUT2D eigenvalue weighted by Gasteiger charge is 2.07. The maximum absolute atomic E-state index is 5.19. The first-order valence-corrected chi connectivity index (χ1v) is 6.16. The van der Waals surface area contributed by atoms with Crippen LogP contribution < -0.4 is 9.64 Å². The first-order valence-electron chi connectivity index (χ1n) is 6.16. The van der Waals surface area contributed by atoms with E-state index in [4.69, 9.17) is 4.74 Å². The predicted octanol–water partition coefficient (Wildman–Crippen LogP) is 3.64. The third kappa shape index (κ3) is 2.80. The lowest BCUT2D eigenvalue weighted by Gasteiger charge is -2.24. The fourth-order valence-corrected chi connectivity index (χ4v) is 1.92. The number of benzene rings is 1. The highest BCUT2D eigenvalue weighted by molar-refractivity contribution is 5.63. The topological polar surface area (TPSA) is 25.4 Å². The number of anilines is 2. The third-order valence-electron chi connectivity index (χ3n) is 2.81. The molecule has 0 spiro atoms. The second-order valence-electron chi connectivity index (χ2n) is 4.06. The predicted molar refractivity (Wildman–Crippen MR) is 74.5 cm³/mol. The lowest BCUT2D eigenvalue weighted by Crippen LogP contribution is -2.17. The summed E-state index contributed by atoms with van der Waals surface area (Å²) < 4.78 is 5.19. The molecule has 1 heterocycles. The van der Waals surface area contributed by atoms with E-state index in [9.17, 15) is 0 Å². The van der Waals surface area contributed by atoms with Gasteiger partial charge < -0.3 is 9.64 Å². The summed E-state index contributed by atoms with van der Waals surface area (Å²) >= 11 is 0. The number of nitrogens with zero attached hydrogens (tertiary/aromatic N) is 2. The SMILES string of the molecule is CCCN(c1ccncc1)c1ccc(OC)cc1. The van der Waals surface area contributed by atoms with Crippen LogP contribution in [0.1, 0.15) is 13.3 Å². The fourth-order valence-electron chi connectivity index (χ4n) is 1.92. The van der Waals surface area contributed by atoms with Crippen molar-refractivity contribution in [2.75, 3.05) is 18.6 Å². The molecule has 0 atom stereocenters. The van der Waals surface area contributed by atoms with Crippen LogP contribution in [0, 0.1) is 0 Å². The number of pyridine rings is 1. The Bertz CT molecular complexity index is 468. The van der Waals surface area contributed by atoms with Crippen molar-refractivity contribution in [3.8, 4) is 5.75 Å². The molecule has 0 unspecified atom stereocenters. The van der Waals surface area contributed by atoms with Crippen LogP contribution >= 0.6 is 0 Å². The van der Waals surface area contributed by atoms with Crippen LogP contribution in [0.2, 0.25) is 0 Å². The Morgan fingerprint density at radius 1 is 1.00 bits per heavy atom. The van der Waals surface area contributed by atoms with E-state index in [1.165, 1.54) is 5.69 Å².